The molecule has 0 atom stereocenters. The molecule has 3 rings (SSSR count). The Morgan fingerprint density at radius 1 is 1.33 bits per heavy atom. The number of H-pyrrole nitrogens is 1. The number of imidazole rings is 1. The van der Waals surface area contributed by atoms with Gasteiger partial charge in [0.05, 0.1) is 11.4 Å². The van der Waals surface area contributed by atoms with E-state index in [1.54, 1.807) is 11.3 Å². The van der Waals surface area contributed by atoms with E-state index in [9.17, 15) is 0 Å². The highest BCUT2D eigenvalue weighted by atomic mass is 35.5. The van der Waals surface area contributed by atoms with Crippen molar-refractivity contribution in [2.24, 2.45) is 0 Å². The number of hydrogen-bond donors (Lipinski definition) is 2. The van der Waals surface area contributed by atoms with Gasteiger partial charge in [-0.05, 0) is 41.7 Å². The molecule has 0 radical (unpaired) electrons. The first kappa shape index (κ1) is 14.1. The molecule has 0 amide bonds. The molecule has 0 aromatic carbocycles. The van der Waals surface area contributed by atoms with Gasteiger partial charge in [0.2, 0.25) is 0 Å². The van der Waals surface area contributed by atoms with E-state index in [-0.39, 0.29) is 0 Å². The summed E-state index contributed by atoms with van der Waals surface area (Å²) in [5, 5.41) is 13.0. The van der Waals surface area contributed by atoms with E-state index < -0.39 is 0 Å². The molecule has 0 aliphatic carbocycles. The van der Waals surface area contributed by atoms with Gasteiger partial charge in [0.1, 0.15) is 0 Å². The minimum Gasteiger partial charge on any atom is -0.369 e. The molecule has 0 unspecified atom stereocenters. The van der Waals surface area contributed by atoms with E-state index in [0.29, 0.717) is 17.5 Å². The Hall–Kier alpha value is -1.86. The Morgan fingerprint density at radius 2 is 2.24 bits per heavy atom. The summed E-state index contributed by atoms with van der Waals surface area (Å²) in [4.78, 5) is 6.88. The van der Waals surface area contributed by atoms with Gasteiger partial charge in [0.15, 0.2) is 11.1 Å². The van der Waals surface area contributed by atoms with Crippen LogP contribution < -0.4 is 5.73 Å². The summed E-state index contributed by atoms with van der Waals surface area (Å²) in [5.41, 5.74) is 8.66. The predicted octanol–water partition coefficient (Wildman–Crippen LogP) is 2.33. The Balaban J connectivity index is 1.54. The van der Waals surface area contributed by atoms with Crippen molar-refractivity contribution in [1.82, 2.24) is 25.0 Å². The van der Waals surface area contributed by atoms with Crippen molar-refractivity contribution in [2.45, 2.75) is 25.8 Å². The monoisotopic (exact) mass is 322 g/mol. The lowest BCUT2D eigenvalue weighted by atomic mass is 10.2. The van der Waals surface area contributed by atoms with Gasteiger partial charge < -0.3 is 10.7 Å². The number of anilines is 1. The molecule has 0 bridgehead atoms. The van der Waals surface area contributed by atoms with Gasteiger partial charge in [0.25, 0.3) is 0 Å². The van der Waals surface area contributed by atoms with Crippen LogP contribution in [0, 0.1) is 0 Å². The number of nitrogens with zero attached hydrogens (tertiary/aromatic N) is 4. The lowest BCUT2D eigenvalue weighted by Crippen LogP contribution is -2.01. The van der Waals surface area contributed by atoms with Crippen molar-refractivity contribution in [3.8, 4) is 0 Å². The van der Waals surface area contributed by atoms with Crippen LogP contribution in [0.3, 0.4) is 0 Å². The van der Waals surface area contributed by atoms with Crippen molar-refractivity contribution in [3.05, 3.63) is 45.1 Å². The quantitative estimate of drug-likeness (QED) is 0.729. The van der Waals surface area contributed by atoms with Gasteiger partial charge in [-0.1, -0.05) is 16.8 Å². The summed E-state index contributed by atoms with van der Waals surface area (Å²) in [7, 11) is 0. The standard InChI is InChI=1S/C13H15ClN6S/c14-12-11(16-13(15)17-12)2-1-10-7-20(19-18-10)5-3-9-4-6-21-8-9/h4,6-8H,1-3,5H2,(H3,15,16,17). The molecule has 110 valence electrons. The van der Waals surface area contributed by atoms with Crippen LogP contribution >= 0.6 is 22.9 Å². The van der Waals surface area contributed by atoms with E-state index in [4.69, 9.17) is 17.3 Å². The highest BCUT2D eigenvalue weighted by Gasteiger charge is 2.08. The summed E-state index contributed by atoms with van der Waals surface area (Å²) >= 11 is 7.67. The van der Waals surface area contributed by atoms with Crippen LogP contribution in [-0.4, -0.2) is 25.0 Å². The second-order valence-corrected chi connectivity index (χ2v) is 5.88. The first-order valence-corrected chi connectivity index (χ1v) is 7.93. The van der Waals surface area contributed by atoms with Crippen LogP contribution in [0.25, 0.3) is 0 Å². The van der Waals surface area contributed by atoms with Gasteiger partial charge in [-0.25, -0.2) is 4.98 Å². The highest BCUT2D eigenvalue weighted by Crippen LogP contribution is 2.15. The van der Waals surface area contributed by atoms with E-state index >= 15 is 0 Å². The molecule has 3 heterocycles. The Labute approximate surface area is 131 Å². The normalized spacial score (nSPS) is 11.1. The van der Waals surface area contributed by atoms with Crippen LogP contribution in [0.15, 0.2) is 23.0 Å². The Bertz CT molecular complexity index is 702. The number of nitrogen functional groups attached to an aromatic ring is 1. The van der Waals surface area contributed by atoms with Crippen LogP contribution in [0.5, 0.6) is 0 Å². The maximum atomic E-state index is 5.96. The van der Waals surface area contributed by atoms with Gasteiger partial charge in [-0.2, -0.15) is 11.3 Å². The van der Waals surface area contributed by atoms with E-state index in [0.717, 1.165) is 30.8 Å². The Kier molecular flexibility index (Phi) is 4.21. The molecule has 0 aliphatic heterocycles. The second-order valence-electron chi connectivity index (χ2n) is 4.75. The van der Waals surface area contributed by atoms with Crippen LogP contribution in [0.2, 0.25) is 5.15 Å². The number of thiophene rings is 1. The third-order valence-electron chi connectivity index (χ3n) is 3.17. The molecular formula is C13H15ClN6S. The largest absolute Gasteiger partial charge is 0.369 e. The number of halogens is 1. The van der Waals surface area contributed by atoms with Gasteiger partial charge >= 0.3 is 0 Å². The summed E-state index contributed by atoms with van der Waals surface area (Å²) in [6, 6.07) is 2.13. The zero-order valence-electron chi connectivity index (χ0n) is 11.3. The zero-order valence-corrected chi connectivity index (χ0v) is 12.9. The smallest absolute Gasteiger partial charge is 0.199 e. The van der Waals surface area contributed by atoms with E-state index in [1.165, 1.54) is 5.56 Å². The topological polar surface area (TPSA) is 85.4 Å². The predicted molar refractivity (Wildman–Crippen MR) is 83.5 cm³/mol. The molecule has 8 heteroatoms. The summed E-state index contributed by atoms with van der Waals surface area (Å²) in [5.74, 6) is 0.342. The molecular weight excluding hydrogens is 308 g/mol. The fourth-order valence-electron chi connectivity index (χ4n) is 2.07. The van der Waals surface area contributed by atoms with Gasteiger partial charge in [0, 0.05) is 12.7 Å². The van der Waals surface area contributed by atoms with E-state index in [1.807, 2.05) is 10.9 Å². The molecule has 0 aliphatic rings. The van der Waals surface area contributed by atoms with E-state index in [2.05, 4.69) is 37.1 Å². The number of rotatable bonds is 6. The van der Waals surface area contributed by atoms with Crippen molar-refractivity contribution in [1.29, 1.82) is 0 Å². The first-order chi connectivity index (χ1) is 10.2. The number of aromatic nitrogens is 5. The SMILES string of the molecule is Nc1nc(Cl)c(CCc2cn(CCc3ccsc3)nn2)[nH]1. The zero-order chi connectivity index (χ0) is 14.7. The number of aromatic amines is 1. The van der Waals surface area contributed by atoms with Gasteiger partial charge in [-0.15, -0.1) is 5.10 Å². The fourth-order valence-corrected chi connectivity index (χ4v) is 3.00. The molecule has 6 nitrogen and oxygen atoms in total. The maximum absolute atomic E-state index is 5.96. The summed E-state index contributed by atoms with van der Waals surface area (Å²) in [6.07, 6.45) is 4.40. The third-order valence-corrected chi connectivity index (χ3v) is 4.22. The summed E-state index contributed by atoms with van der Waals surface area (Å²) in [6.45, 7) is 0.835. The average Bonchev–Trinajstić information content (AvgIpc) is 3.16. The van der Waals surface area contributed by atoms with Crippen LogP contribution in [-0.2, 0) is 25.8 Å². The molecule has 3 N–H and O–H groups in total. The lowest BCUT2D eigenvalue weighted by Gasteiger charge is -1.97. The molecule has 21 heavy (non-hydrogen) atoms. The highest BCUT2D eigenvalue weighted by molar-refractivity contribution is 7.07. The van der Waals surface area contributed by atoms with Crippen LogP contribution in [0.4, 0.5) is 5.95 Å². The Morgan fingerprint density at radius 3 is 2.95 bits per heavy atom. The molecule has 3 aromatic rings. The van der Waals surface area contributed by atoms with Crippen LogP contribution in [0.1, 0.15) is 17.0 Å². The minimum atomic E-state index is 0.342. The second kappa shape index (κ2) is 6.28. The summed E-state index contributed by atoms with van der Waals surface area (Å²) < 4.78 is 1.87. The van der Waals surface area contributed by atoms with Crippen molar-refractivity contribution >= 4 is 28.9 Å². The molecule has 3 aromatic heterocycles. The fraction of sp³-hybridized carbons (Fsp3) is 0.308. The number of aryl methyl sites for hydroxylation is 4. The molecule has 0 saturated heterocycles. The van der Waals surface area contributed by atoms with Crippen molar-refractivity contribution in [2.75, 3.05) is 5.73 Å². The van der Waals surface area contributed by atoms with Crippen molar-refractivity contribution < 1.29 is 0 Å². The molecule has 0 fully saturated rings. The molecule has 0 spiro atoms. The molecule has 0 saturated carbocycles. The number of hydrogen-bond acceptors (Lipinski definition) is 5. The average molecular weight is 323 g/mol. The lowest BCUT2D eigenvalue weighted by molar-refractivity contribution is 0.589. The third kappa shape index (κ3) is 3.62. The number of nitrogens with two attached hydrogens (primary N) is 1. The minimum absolute atomic E-state index is 0.342. The van der Waals surface area contributed by atoms with Gasteiger partial charge in [-0.3, -0.25) is 4.68 Å². The maximum Gasteiger partial charge on any atom is 0.199 e. The number of nitrogens with one attached hydrogen (secondary N) is 1. The first-order valence-electron chi connectivity index (χ1n) is 6.60. The van der Waals surface area contributed by atoms with Crippen molar-refractivity contribution in [3.63, 3.8) is 0 Å².